The second kappa shape index (κ2) is 7.61. The van der Waals surface area contributed by atoms with Gasteiger partial charge in [0.15, 0.2) is 5.60 Å². The van der Waals surface area contributed by atoms with Gasteiger partial charge in [0.25, 0.3) is 5.91 Å². The number of aliphatic hydroxyl groups is 1. The van der Waals surface area contributed by atoms with E-state index in [1.807, 2.05) is 0 Å². The van der Waals surface area contributed by atoms with Crippen molar-refractivity contribution in [2.24, 2.45) is 17.6 Å². The summed E-state index contributed by atoms with van der Waals surface area (Å²) in [4.78, 5) is 13.1. The highest BCUT2D eigenvalue weighted by Crippen LogP contribution is 2.47. The van der Waals surface area contributed by atoms with Gasteiger partial charge in [-0.25, -0.2) is 8.78 Å². The van der Waals surface area contributed by atoms with Gasteiger partial charge < -0.3 is 16.2 Å². The number of benzene rings is 1. The van der Waals surface area contributed by atoms with Gasteiger partial charge in [-0.3, -0.25) is 4.79 Å². The SMILES string of the molecule is NCC1CCC(NC(=O)[C@](O)(c2ccccc2)[C@@H]2CCC(F)(F)C2)CC1. The molecule has 2 atom stereocenters. The summed E-state index contributed by atoms with van der Waals surface area (Å²) in [5.74, 6) is -3.69. The molecule has 4 N–H and O–H groups in total. The topological polar surface area (TPSA) is 75.3 Å². The summed E-state index contributed by atoms with van der Waals surface area (Å²) < 4.78 is 27.6. The fourth-order valence-electron chi connectivity index (χ4n) is 4.39. The molecule has 3 rings (SSSR count). The maximum absolute atomic E-state index is 13.8. The average Bonchev–Trinajstić information content (AvgIpc) is 3.02. The summed E-state index contributed by atoms with van der Waals surface area (Å²) in [6.45, 7) is 0.645. The molecule has 0 aromatic heterocycles. The molecule has 0 bridgehead atoms. The third kappa shape index (κ3) is 3.91. The van der Waals surface area contributed by atoms with Crippen LogP contribution in [0.4, 0.5) is 8.78 Å². The first-order valence-electron chi connectivity index (χ1n) is 9.52. The quantitative estimate of drug-likeness (QED) is 0.750. The van der Waals surface area contributed by atoms with Crippen molar-refractivity contribution in [3.63, 3.8) is 0 Å². The van der Waals surface area contributed by atoms with Crippen LogP contribution in [0.25, 0.3) is 0 Å². The Morgan fingerprint density at radius 2 is 1.85 bits per heavy atom. The van der Waals surface area contributed by atoms with Gasteiger partial charge in [0.2, 0.25) is 5.92 Å². The van der Waals surface area contributed by atoms with Crippen LogP contribution in [-0.4, -0.2) is 29.5 Å². The molecule has 1 amide bonds. The summed E-state index contributed by atoms with van der Waals surface area (Å²) in [6, 6.07) is 8.45. The van der Waals surface area contributed by atoms with E-state index >= 15 is 0 Å². The second-order valence-corrected chi connectivity index (χ2v) is 7.85. The molecular weight excluding hydrogens is 338 g/mol. The van der Waals surface area contributed by atoms with Gasteiger partial charge in [0.05, 0.1) is 0 Å². The Morgan fingerprint density at radius 1 is 1.19 bits per heavy atom. The van der Waals surface area contributed by atoms with Gasteiger partial charge in [0, 0.05) is 24.8 Å². The van der Waals surface area contributed by atoms with Crippen LogP contribution in [0, 0.1) is 11.8 Å². The molecule has 144 valence electrons. The van der Waals surface area contributed by atoms with E-state index in [4.69, 9.17) is 5.73 Å². The van der Waals surface area contributed by atoms with Crippen molar-refractivity contribution in [2.45, 2.75) is 62.5 Å². The summed E-state index contributed by atoms with van der Waals surface area (Å²) in [5.41, 5.74) is 4.17. The molecule has 1 aromatic carbocycles. The van der Waals surface area contributed by atoms with Gasteiger partial charge in [-0.1, -0.05) is 30.3 Å². The van der Waals surface area contributed by atoms with E-state index in [2.05, 4.69) is 5.32 Å². The molecule has 2 aliphatic carbocycles. The van der Waals surface area contributed by atoms with Crippen molar-refractivity contribution < 1.29 is 18.7 Å². The molecule has 0 unspecified atom stereocenters. The summed E-state index contributed by atoms with van der Waals surface area (Å²) in [6.07, 6.45) is 2.86. The zero-order valence-electron chi connectivity index (χ0n) is 15.0. The predicted molar refractivity (Wildman–Crippen MR) is 95.6 cm³/mol. The van der Waals surface area contributed by atoms with Crippen LogP contribution in [0.2, 0.25) is 0 Å². The molecule has 4 nitrogen and oxygen atoms in total. The minimum atomic E-state index is -2.83. The predicted octanol–water partition coefficient (Wildman–Crippen LogP) is 2.94. The lowest BCUT2D eigenvalue weighted by Crippen LogP contribution is -2.52. The van der Waals surface area contributed by atoms with Crippen molar-refractivity contribution in [3.8, 4) is 0 Å². The lowest BCUT2D eigenvalue weighted by atomic mass is 9.78. The van der Waals surface area contributed by atoms with E-state index in [0.29, 0.717) is 18.0 Å². The van der Waals surface area contributed by atoms with Gasteiger partial charge in [-0.05, 0) is 50.1 Å². The van der Waals surface area contributed by atoms with Crippen LogP contribution in [0.3, 0.4) is 0 Å². The highest BCUT2D eigenvalue weighted by Gasteiger charge is 2.53. The van der Waals surface area contributed by atoms with Gasteiger partial charge in [0.1, 0.15) is 0 Å². The Bertz CT molecular complexity index is 617. The summed E-state index contributed by atoms with van der Waals surface area (Å²) >= 11 is 0. The van der Waals surface area contributed by atoms with E-state index in [1.165, 1.54) is 0 Å². The first-order valence-corrected chi connectivity index (χ1v) is 9.52. The molecule has 6 heteroatoms. The summed E-state index contributed by atoms with van der Waals surface area (Å²) in [7, 11) is 0. The van der Waals surface area contributed by atoms with E-state index < -0.39 is 29.8 Å². The van der Waals surface area contributed by atoms with Crippen molar-refractivity contribution in [1.29, 1.82) is 0 Å². The molecule has 26 heavy (non-hydrogen) atoms. The third-order valence-corrected chi connectivity index (χ3v) is 6.07. The molecule has 0 heterocycles. The molecule has 0 radical (unpaired) electrons. The number of halogens is 2. The summed E-state index contributed by atoms with van der Waals surface area (Å²) in [5, 5.41) is 14.3. The number of rotatable bonds is 5. The second-order valence-electron chi connectivity index (χ2n) is 7.85. The molecule has 0 saturated heterocycles. The molecule has 0 spiro atoms. The monoisotopic (exact) mass is 366 g/mol. The Labute approximate surface area is 153 Å². The number of carbonyl (C=O) groups excluding carboxylic acids is 1. The van der Waals surface area contributed by atoms with Crippen LogP contribution in [0.1, 0.15) is 50.5 Å². The Hall–Kier alpha value is -1.53. The van der Waals surface area contributed by atoms with Crippen molar-refractivity contribution in [2.75, 3.05) is 6.54 Å². The standard InChI is InChI=1S/C20H28F2N2O2/c21-19(22)11-10-16(12-19)20(26,15-4-2-1-3-5-15)18(25)24-17-8-6-14(13-23)7-9-17/h1-5,14,16-17,26H,6-13,23H2,(H,24,25)/t14?,16-,17?,20+/m1/s1. The van der Waals surface area contributed by atoms with Crippen LogP contribution >= 0.6 is 0 Å². The van der Waals surface area contributed by atoms with E-state index in [0.717, 1.165) is 25.7 Å². The normalized spacial score (nSPS) is 30.5. The molecular formula is C20H28F2N2O2. The van der Waals surface area contributed by atoms with Gasteiger partial charge in [-0.2, -0.15) is 0 Å². The number of carbonyl (C=O) groups is 1. The fraction of sp³-hybridized carbons (Fsp3) is 0.650. The molecule has 2 aliphatic rings. The Morgan fingerprint density at radius 3 is 2.38 bits per heavy atom. The largest absolute Gasteiger partial charge is 0.375 e. The number of alkyl halides is 2. The van der Waals surface area contributed by atoms with Crippen LogP contribution in [0.5, 0.6) is 0 Å². The minimum absolute atomic E-state index is 0.0394. The van der Waals surface area contributed by atoms with Crippen molar-refractivity contribution in [3.05, 3.63) is 35.9 Å². The zero-order chi connectivity index (χ0) is 18.8. The average molecular weight is 366 g/mol. The Balaban J connectivity index is 1.79. The number of hydrogen-bond acceptors (Lipinski definition) is 3. The van der Waals surface area contributed by atoms with Crippen molar-refractivity contribution in [1.82, 2.24) is 5.32 Å². The van der Waals surface area contributed by atoms with E-state index in [-0.39, 0.29) is 18.9 Å². The first kappa shape index (κ1) is 19.2. The number of nitrogens with two attached hydrogens (primary N) is 1. The molecule has 1 aromatic rings. The smallest absolute Gasteiger partial charge is 0.257 e. The van der Waals surface area contributed by atoms with Crippen LogP contribution in [0.15, 0.2) is 30.3 Å². The van der Waals surface area contributed by atoms with E-state index in [9.17, 15) is 18.7 Å². The lowest BCUT2D eigenvalue weighted by Gasteiger charge is -2.36. The van der Waals surface area contributed by atoms with Gasteiger partial charge >= 0.3 is 0 Å². The first-order chi connectivity index (χ1) is 12.3. The number of nitrogens with one attached hydrogen (secondary N) is 1. The van der Waals surface area contributed by atoms with Gasteiger partial charge in [-0.15, -0.1) is 0 Å². The maximum atomic E-state index is 13.8. The number of amides is 1. The Kier molecular flexibility index (Phi) is 5.63. The molecule has 0 aliphatic heterocycles. The van der Waals surface area contributed by atoms with Crippen molar-refractivity contribution >= 4 is 5.91 Å². The fourth-order valence-corrected chi connectivity index (χ4v) is 4.39. The molecule has 2 saturated carbocycles. The van der Waals surface area contributed by atoms with Crippen LogP contribution in [-0.2, 0) is 10.4 Å². The minimum Gasteiger partial charge on any atom is -0.375 e. The zero-order valence-corrected chi connectivity index (χ0v) is 15.0. The van der Waals surface area contributed by atoms with E-state index in [1.54, 1.807) is 30.3 Å². The number of hydrogen-bond donors (Lipinski definition) is 3. The lowest BCUT2D eigenvalue weighted by molar-refractivity contribution is -0.149. The van der Waals surface area contributed by atoms with Crippen LogP contribution < -0.4 is 11.1 Å². The third-order valence-electron chi connectivity index (χ3n) is 6.07. The highest BCUT2D eigenvalue weighted by atomic mass is 19.3. The maximum Gasteiger partial charge on any atom is 0.257 e. The molecule has 2 fully saturated rings. The highest BCUT2D eigenvalue weighted by molar-refractivity contribution is 5.87.